The lowest BCUT2D eigenvalue weighted by Gasteiger charge is -2.30. The molecule has 52 heavy (non-hydrogen) atoms. The fourth-order valence-electron chi connectivity index (χ4n) is 6.63. The van der Waals surface area contributed by atoms with Crippen molar-refractivity contribution in [2.24, 2.45) is 0 Å². The smallest absolute Gasteiger partial charge is 0.198 e. The van der Waals surface area contributed by atoms with Crippen LogP contribution in [-0.4, -0.2) is 6.54 Å². The van der Waals surface area contributed by atoms with Crippen LogP contribution in [0, 0.1) is 93.1 Å². The first kappa shape index (κ1) is 37.1. The summed E-state index contributed by atoms with van der Waals surface area (Å²) in [5.74, 6) is -41.3. The number of unbranched alkanes of at least 4 members (excludes halogenated alkanes) is 6. The molecule has 0 atom stereocenters. The van der Waals surface area contributed by atoms with E-state index in [0.29, 0.717) is 19.3 Å². The molecule has 0 radical (unpaired) electrons. The molecular weight excluding hydrogens is 738 g/mol. The molecule has 0 amide bonds. The van der Waals surface area contributed by atoms with E-state index < -0.39 is 154 Å². The first-order chi connectivity index (χ1) is 24.5. The molecule has 0 saturated carbocycles. The number of halogens is 16. The molecular formula is C35H19F16N. The van der Waals surface area contributed by atoms with Crippen molar-refractivity contribution in [3.05, 3.63) is 93.1 Å². The third-order valence-corrected chi connectivity index (χ3v) is 9.03. The molecule has 0 bridgehead atoms. The zero-order valence-electron chi connectivity index (χ0n) is 26.2. The highest BCUT2D eigenvalue weighted by Crippen LogP contribution is 2.51. The Labute approximate surface area is 281 Å². The van der Waals surface area contributed by atoms with Crippen molar-refractivity contribution in [1.82, 2.24) is 0 Å². The lowest BCUT2D eigenvalue weighted by molar-refractivity contribution is 0.412. The van der Waals surface area contributed by atoms with Gasteiger partial charge in [0.05, 0.1) is 32.6 Å². The maximum absolute atomic E-state index is 16.2. The highest BCUT2D eigenvalue weighted by Gasteiger charge is 2.39. The lowest BCUT2D eigenvalue weighted by Crippen LogP contribution is -2.25. The van der Waals surface area contributed by atoms with Gasteiger partial charge in [-0.2, -0.15) is 0 Å². The van der Waals surface area contributed by atoms with Crippen LogP contribution in [0.5, 0.6) is 0 Å². The van der Waals surface area contributed by atoms with Crippen LogP contribution in [0.4, 0.5) is 81.6 Å². The van der Waals surface area contributed by atoms with E-state index >= 15 is 39.5 Å². The molecule has 0 aliphatic heterocycles. The van der Waals surface area contributed by atoms with Crippen molar-refractivity contribution in [2.45, 2.75) is 51.9 Å². The Kier molecular flexibility index (Phi) is 9.53. The molecule has 0 saturated heterocycles. The molecule has 0 spiro atoms. The Morgan fingerprint density at radius 2 is 0.558 bits per heavy atom. The second-order valence-corrected chi connectivity index (χ2v) is 12.0. The summed E-state index contributed by atoms with van der Waals surface area (Å²) < 4.78 is 244. The van der Waals surface area contributed by atoms with E-state index in [1.165, 1.54) is 0 Å². The summed E-state index contributed by atoms with van der Waals surface area (Å²) >= 11 is 0. The highest BCUT2D eigenvalue weighted by atomic mass is 19.2. The zero-order chi connectivity index (χ0) is 38.2. The molecule has 6 aromatic carbocycles. The van der Waals surface area contributed by atoms with Crippen LogP contribution in [0.3, 0.4) is 0 Å². The average molecular weight is 758 g/mol. The van der Waals surface area contributed by atoms with Gasteiger partial charge in [-0.25, -0.2) is 70.2 Å². The van der Waals surface area contributed by atoms with Crippen molar-refractivity contribution < 1.29 is 70.2 Å². The molecule has 0 aliphatic carbocycles. The first-order valence-corrected chi connectivity index (χ1v) is 15.5. The summed E-state index contributed by atoms with van der Waals surface area (Å²) in [6, 6.07) is 0. The lowest BCUT2D eigenvalue weighted by atomic mass is 9.90. The van der Waals surface area contributed by atoms with Gasteiger partial charge in [-0.05, 0) is 6.42 Å². The van der Waals surface area contributed by atoms with Gasteiger partial charge in [0.15, 0.2) is 93.1 Å². The minimum atomic E-state index is -2.72. The Morgan fingerprint density at radius 1 is 0.269 bits per heavy atom. The molecule has 276 valence electrons. The summed E-state index contributed by atoms with van der Waals surface area (Å²) in [5.41, 5.74) is -3.91. The fourth-order valence-corrected chi connectivity index (χ4v) is 6.63. The molecule has 0 N–H and O–H groups in total. The van der Waals surface area contributed by atoms with Gasteiger partial charge in [-0.15, -0.1) is 0 Å². The van der Waals surface area contributed by atoms with Crippen LogP contribution in [0.25, 0.3) is 43.1 Å². The third-order valence-electron chi connectivity index (χ3n) is 9.03. The standard InChI is InChI=1S/C35H19F16N/c1-2-3-4-5-6-7-8-9-52(35-28(46)16-15(26(44)33(35)51)23(41)30(48)31(49)24(16)42)34-17-11-10-12(18(36)19(37)14(11)25(43)32(34)50)21(39)29(47)22(40)13(10)20(38)27(17)45/h2-9H2,1H3. The Morgan fingerprint density at radius 3 is 1.02 bits per heavy atom. The zero-order valence-corrected chi connectivity index (χ0v) is 26.2. The van der Waals surface area contributed by atoms with Gasteiger partial charge in [-0.3, -0.25) is 0 Å². The van der Waals surface area contributed by atoms with Crippen molar-refractivity contribution >= 4 is 54.5 Å². The van der Waals surface area contributed by atoms with Gasteiger partial charge < -0.3 is 4.90 Å². The largest absolute Gasteiger partial charge is 0.334 e. The molecule has 0 aromatic heterocycles. The highest BCUT2D eigenvalue weighted by molar-refractivity contribution is 6.26. The van der Waals surface area contributed by atoms with E-state index in [0.717, 1.165) is 12.8 Å². The predicted octanol–water partition coefficient (Wildman–Crippen LogP) is 12.9. The quantitative estimate of drug-likeness (QED) is 0.0442. The van der Waals surface area contributed by atoms with Crippen LogP contribution in [0.1, 0.15) is 51.9 Å². The number of benzene rings is 6. The number of rotatable bonds is 10. The maximum atomic E-state index is 16.2. The number of hydrogen-bond acceptors (Lipinski definition) is 1. The van der Waals surface area contributed by atoms with Gasteiger partial charge in [0.25, 0.3) is 0 Å². The number of fused-ring (bicyclic) bond motifs is 1. The van der Waals surface area contributed by atoms with Gasteiger partial charge in [-0.1, -0.05) is 45.4 Å². The third kappa shape index (κ3) is 5.08. The van der Waals surface area contributed by atoms with Crippen LogP contribution in [0.15, 0.2) is 0 Å². The molecule has 0 fully saturated rings. The fraction of sp³-hybridized carbons (Fsp3) is 0.257. The van der Waals surface area contributed by atoms with Crippen LogP contribution in [0.2, 0.25) is 0 Å². The molecule has 6 aromatic rings. The van der Waals surface area contributed by atoms with Gasteiger partial charge in [0, 0.05) is 22.7 Å². The van der Waals surface area contributed by atoms with Crippen LogP contribution in [-0.2, 0) is 0 Å². The monoisotopic (exact) mass is 757 g/mol. The van der Waals surface area contributed by atoms with E-state index in [4.69, 9.17) is 0 Å². The number of anilines is 2. The Balaban J connectivity index is 1.78. The topological polar surface area (TPSA) is 3.24 Å². The minimum Gasteiger partial charge on any atom is -0.334 e. The minimum absolute atomic E-state index is 0.0602. The molecule has 0 heterocycles. The summed E-state index contributed by atoms with van der Waals surface area (Å²) in [5, 5.41) is -14.9. The average Bonchev–Trinajstić information content (AvgIpc) is 3.11. The number of hydrogen-bond donors (Lipinski definition) is 0. The van der Waals surface area contributed by atoms with Gasteiger partial charge in [0.2, 0.25) is 0 Å². The molecule has 0 aliphatic rings. The molecule has 6 rings (SSSR count). The van der Waals surface area contributed by atoms with E-state index in [1.807, 2.05) is 6.92 Å². The van der Waals surface area contributed by atoms with Crippen molar-refractivity contribution in [3.8, 4) is 0 Å². The van der Waals surface area contributed by atoms with E-state index in [1.54, 1.807) is 0 Å². The van der Waals surface area contributed by atoms with Gasteiger partial charge in [0.1, 0.15) is 5.69 Å². The summed E-state index contributed by atoms with van der Waals surface area (Å²) in [6.45, 7) is 0.820. The SMILES string of the molecule is CCCCCCCCCN(c1c(F)c(F)c2c(F)c(F)c(F)c(F)c2c1F)c1c(F)c(F)c2c(F)c(F)c3c(F)c(F)c(F)c4c(F)c(F)c1c2c34. The normalized spacial score (nSPS) is 12.2. The van der Waals surface area contributed by atoms with E-state index in [2.05, 4.69) is 0 Å². The molecule has 17 heteroatoms. The Bertz CT molecular complexity index is 2430. The van der Waals surface area contributed by atoms with E-state index in [9.17, 15) is 30.7 Å². The van der Waals surface area contributed by atoms with Crippen molar-refractivity contribution in [2.75, 3.05) is 11.4 Å². The van der Waals surface area contributed by atoms with Crippen LogP contribution < -0.4 is 4.90 Å². The van der Waals surface area contributed by atoms with Crippen molar-refractivity contribution in [1.29, 1.82) is 0 Å². The second-order valence-electron chi connectivity index (χ2n) is 12.0. The summed E-state index contributed by atoms with van der Waals surface area (Å²) in [7, 11) is 0. The Hall–Kier alpha value is -4.70. The van der Waals surface area contributed by atoms with Crippen molar-refractivity contribution in [3.63, 3.8) is 0 Å². The maximum Gasteiger partial charge on any atom is 0.198 e. The number of nitrogens with zero attached hydrogens (tertiary/aromatic N) is 1. The molecule has 1 nitrogen and oxygen atoms in total. The van der Waals surface area contributed by atoms with Gasteiger partial charge >= 0.3 is 0 Å². The summed E-state index contributed by atoms with van der Waals surface area (Å²) in [4.78, 5) is -0.161. The molecule has 0 unspecified atom stereocenters. The van der Waals surface area contributed by atoms with Crippen LogP contribution >= 0.6 is 0 Å². The predicted molar refractivity (Wildman–Crippen MR) is 158 cm³/mol. The van der Waals surface area contributed by atoms with E-state index in [-0.39, 0.29) is 17.7 Å². The first-order valence-electron chi connectivity index (χ1n) is 15.5. The summed E-state index contributed by atoms with van der Waals surface area (Å²) in [6.07, 6.45) is 2.89. The second kappa shape index (κ2) is 13.4.